The van der Waals surface area contributed by atoms with Crippen LogP contribution in [0.25, 0.3) is 0 Å². The first kappa shape index (κ1) is 24.2. The van der Waals surface area contributed by atoms with E-state index in [0.29, 0.717) is 25.3 Å². The smallest absolute Gasteiger partial charge is 0.246 e. The number of rotatable bonds is 7. The summed E-state index contributed by atoms with van der Waals surface area (Å²) < 4.78 is 1.95. The standard InChI is InChI=1S/C26H43N5O2/c1-5-6-14-31-24(32)23(17-21-10-8-7-9-11-21)27-25(33)26(31)12-15-30(16-13-26)18-22-19(2)28-29(4)20(22)3/h21,23H,5-18H2,1-4H3,(H,27,33). The van der Waals surface area contributed by atoms with Gasteiger partial charge < -0.3 is 10.2 Å². The number of piperazine rings is 1. The molecular weight excluding hydrogens is 414 g/mol. The van der Waals surface area contributed by atoms with Crippen LogP contribution in [-0.2, 0) is 23.2 Å². The Hall–Kier alpha value is -1.89. The van der Waals surface area contributed by atoms with Gasteiger partial charge in [0.15, 0.2) is 0 Å². The van der Waals surface area contributed by atoms with Crippen molar-refractivity contribution in [1.29, 1.82) is 0 Å². The van der Waals surface area contributed by atoms with Crippen molar-refractivity contribution in [3.05, 3.63) is 17.0 Å². The maximum absolute atomic E-state index is 13.7. The quantitative estimate of drug-likeness (QED) is 0.681. The Morgan fingerprint density at radius 2 is 1.79 bits per heavy atom. The van der Waals surface area contributed by atoms with Crippen molar-refractivity contribution in [2.75, 3.05) is 19.6 Å². The zero-order valence-corrected chi connectivity index (χ0v) is 21.2. The van der Waals surface area contributed by atoms with Crippen LogP contribution in [0.2, 0.25) is 0 Å². The first-order valence-corrected chi connectivity index (χ1v) is 13.2. The van der Waals surface area contributed by atoms with E-state index < -0.39 is 5.54 Å². The molecule has 2 amide bonds. The van der Waals surface area contributed by atoms with Crippen molar-refractivity contribution in [2.45, 2.75) is 103 Å². The van der Waals surface area contributed by atoms with E-state index in [-0.39, 0.29) is 17.9 Å². The normalized spacial score (nSPS) is 24.5. The average molecular weight is 458 g/mol. The van der Waals surface area contributed by atoms with Gasteiger partial charge in [0.2, 0.25) is 11.8 Å². The highest BCUT2D eigenvalue weighted by atomic mass is 16.2. The van der Waals surface area contributed by atoms with E-state index in [4.69, 9.17) is 0 Å². The lowest BCUT2D eigenvalue weighted by molar-refractivity contribution is -0.162. The Morgan fingerprint density at radius 3 is 2.39 bits per heavy atom. The van der Waals surface area contributed by atoms with Gasteiger partial charge in [-0.15, -0.1) is 0 Å². The second-order valence-corrected chi connectivity index (χ2v) is 10.7. The molecular formula is C26H43N5O2. The summed E-state index contributed by atoms with van der Waals surface area (Å²) in [6, 6.07) is -0.332. The topological polar surface area (TPSA) is 70.5 Å². The number of piperidine rings is 1. The molecule has 0 bridgehead atoms. The molecule has 1 unspecified atom stereocenters. The van der Waals surface area contributed by atoms with E-state index in [1.165, 1.54) is 43.4 Å². The van der Waals surface area contributed by atoms with Crippen molar-refractivity contribution in [2.24, 2.45) is 13.0 Å². The van der Waals surface area contributed by atoms with Crippen molar-refractivity contribution in [1.82, 2.24) is 24.9 Å². The van der Waals surface area contributed by atoms with Crippen LogP contribution >= 0.6 is 0 Å². The predicted molar refractivity (Wildman–Crippen MR) is 130 cm³/mol. The minimum Gasteiger partial charge on any atom is -0.342 e. The number of nitrogens with zero attached hydrogens (tertiary/aromatic N) is 4. The van der Waals surface area contributed by atoms with Gasteiger partial charge in [0, 0.05) is 44.5 Å². The first-order chi connectivity index (χ1) is 15.9. The maximum Gasteiger partial charge on any atom is 0.246 e. The molecule has 7 heteroatoms. The number of hydrogen-bond donors (Lipinski definition) is 1. The molecule has 7 nitrogen and oxygen atoms in total. The third-order valence-corrected chi connectivity index (χ3v) is 8.56. The number of likely N-dealkylation sites (tertiary alicyclic amines) is 1. The molecule has 2 saturated heterocycles. The van der Waals surface area contributed by atoms with Crippen LogP contribution < -0.4 is 5.32 Å². The summed E-state index contributed by atoms with van der Waals surface area (Å²) in [7, 11) is 1.99. The Kier molecular flexibility index (Phi) is 7.46. The summed E-state index contributed by atoms with van der Waals surface area (Å²) in [5.74, 6) is 0.830. The van der Waals surface area contributed by atoms with Gasteiger partial charge in [-0.2, -0.15) is 5.10 Å². The van der Waals surface area contributed by atoms with Gasteiger partial charge >= 0.3 is 0 Å². The van der Waals surface area contributed by atoms with Crippen LogP contribution in [0.15, 0.2) is 0 Å². The van der Waals surface area contributed by atoms with Crippen LogP contribution in [0.4, 0.5) is 0 Å². The minimum atomic E-state index is -0.676. The van der Waals surface area contributed by atoms with Crippen LogP contribution in [0, 0.1) is 19.8 Å². The van der Waals surface area contributed by atoms with Gasteiger partial charge in [0.05, 0.1) is 5.69 Å². The second kappa shape index (κ2) is 10.2. The number of aryl methyl sites for hydroxylation is 2. The molecule has 3 aliphatic rings. The molecule has 4 rings (SSSR count). The summed E-state index contributed by atoms with van der Waals surface area (Å²) in [6.45, 7) is 9.55. The zero-order chi connectivity index (χ0) is 23.6. The monoisotopic (exact) mass is 457 g/mol. The summed E-state index contributed by atoms with van der Waals surface area (Å²) in [6.07, 6.45) is 10.4. The number of hydrogen-bond acceptors (Lipinski definition) is 4. The number of carbonyl (C=O) groups excluding carboxylic acids is 2. The highest BCUT2D eigenvalue weighted by Crippen LogP contribution is 2.36. The third kappa shape index (κ3) is 4.84. The van der Waals surface area contributed by atoms with Crippen molar-refractivity contribution in [3.63, 3.8) is 0 Å². The molecule has 0 radical (unpaired) electrons. The summed E-state index contributed by atoms with van der Waals surface area (Å²) in [4.78, 5) is 31.7. The van der Waals surface area contributed by atoms with E-state index >= 15 is 0 Å². The predicted octanol–water partition coefficient (Wildman–Crippen LogP) is 3.47. The zero-order valence-electron chi connectivity index (χ0n) is 21.2. The maximum atomic E-state index is 13.7. The van der Waals surface area contributed by atoms with Crippen molar-refractivity contribution >= 4 is 11.8 Å². The summed E-state index contributed by atoms with van der Waals surface area (Å²) in [5, 5.41) is 7.76. The van der Waals surface area contributed by atoms with Gasteiger partial charge in [0.1, 0.15) is 11.6 Å². The number of amides is 2. The Morgan fingerprint density at radius 1 is 1.09 bits per heavy atom. The van der Waals surface area contributed by atoms with Gasteiger partial charge in [0.25, 0.3) is 0 Å². The summed E-state index contributed by atoms with van der Waals surface area (Å²) in [5.41, 5.74) is 2.89. The lowest BCUT2D eigenvalue weighted by Gasteiger charge is -2.52. The summed E-state index contributed by atoms with van der Waals surface area (Å²) >= 11 is 0. The minimum absolute atomic E-state index is 0.0902. The second-order valence-electron chi connectivity index (χ2n) is 10.7. The Labute approximate surface area is 199 Å². The van der Waals surface area contributed by atoms with E-state index in [1.807, 2.05) is 16.6 Å². The Bertz CT molecular complexity index is 849. The molecule has 1 aromatic heterocycles. The van der Waals surface area contributed by atoms with Crippen LogP contribution in [0.5, 0.6) is 0 Å². The third-order valence-electron chi connectivity index (χ3n) is 8.56. The van der Waals surface area contributed by atoms with E-state index in [0.717, 1.165) is 44.6 Å². The lowest BCUT2D eigenvalue weighted by atomic mass is 9.79. The molecule has 1 saturated carbocycles. The fraction of sp³-hybridized carbons (Fsp3) is 0.808. The van der Waals surface area contributed by atoms with Gasteiger partial charge in [-0.05, 0) is 45.4 Å². The number of carbonyl (C=O) groups is 2. The molecule has 1 spiro atoms. The Balaban J connectivity index is 1.46. The van der Waals surface area contributed by atoms with Crippen LogP contribution in [0.1, 0.15) is 88.1 Å². The van der Waals surface area contributed by atoms with Crippen molar-refractivity contribution in [3.8, 4) is 0 Å². The highest BCUT2D eigenvalue weighted by molar-refractivity contribution is 6.00. The SMILES string of the molecule is CCCCN1C(=O)C(CC2CCCCC2)NC(=O)C12CCN(Cc1c(C)nn(C)c1C)CC2. The molecule has 0 aromatic carbocycles. The number of aromatic nitrogens is 2. The van der Waals surface area contributed by atoms with E-state index in [2.05, 4.69) is 36.1 Å². The fourth-order valence-corrected chi connectivity index (χ4v) is 6.28. The van der Waals surface area contributed by atoms with Crippen LogP contribution in [0.3, 0.4) is 0 Å². The molecule has 3 fully saturated rings. The molecule has 3 heterocycles. The van der Waals surface area contributed by atoms with Gasteiger partial charge in [-0.25, -0.2) is 0 Å². The molecule has 1 aromatic rings. The molecule has 184 valence electrons. The molecule has 1 N–H and O–H groups in total. The van der Waals surface area contributed by atoms with E-state index in [1.54, 1.807) is 0 Å². The molecule has 33 heavy (non-hydrogen) atoms. The number of nitrogens with one attached hydrogen (secondary N) is 1. The molecule has 2 aliphatic heterocycles. The lowest BCUT2D eigenvalue weighted by Crippen LogP contribution is -2.73. The fourth-order valence-electron chi connectivity index (χ4n) is 6.28. The van der Waals surface area contributed by atoms with Crippen molar-refractivity contribution < 1.29 is 9.59 Å². The van der Waals surface area contributed by atoms with Gasteiger partial charge in [-0.1, -0.05) is 45.4 Å². The highest BCUT2D eigenvalue weighted by Gasteiger charge is 2.53. The van der Waals surface area contributed by atoms with Gasteiger partial charge in [-0.3, -0.25) is 19.2 Å². The largest absolute Gasteiger partial charge is 0.342 e. The molecule has 1 aliphatic carbocycles. The number of unbranched alkanes of at least 4 members (excludes halogenated alkanes) is 1. The first-order valence-electron chi connectivity index (χ1n) is 13.2. The van der Waals surface area contributed by atoms with Crippen LogP contribution in [-0.4, -0.2) is 62.6 Å². The van der Waals surface area contributed by atoms with E-state index in [9.17, 15) is 9.59 Å². The average Bonchev–Trinajstić information content (AvgIpc) is 3.05. The molecule has 1 atom stereocenters.